The SMILES string of the molecule is C=CCn1c(CSCc2ccc(Cl)c(Cl)c2)nnc1SCC(=O)Nc1sc2c(c1C#N)CCCC2. The molecule has 2 heterocycles. The van der Waals surface area contributed by atoms with E-state index >= 15 is 0 Å². The lowest BCUT2D eigenvalue weighted by atomic mass is 9.96. The molecular weight excluding hydrogens is 541 g/mol. The summed E-state index contributed by atoms with van der Waals surface area (Å²) < 4.78 is 1.97. The zero-order chi connectivity index (χ0) is 24.8. The summed E-state index contributed by atoms with van der Waals surface area (Å²) in [4.78, 5) is 13.9. The number of aromatic nitrogens is 3. The van der Waals surface area contributed by atoms with Crippen LogP contribution in [0.4, 0.5) is 5.00 Å². The average Bonchev–Trinajstić information content (AvgIpc) is 3.40. The van der Waals surface area contributed by atoms with Crippen LogP contribution in [-0.4, -0.2) is 26.4 Å². The van der Waals surface area contributed by atoms with Gasteiger partial charge < -0.3 is 9.88 Å². The molecule has 4 rings (SSSR count). The molecule has 3 aromatic rings. The fourth-order valence-corrected chi connectivity index (χ4v) is 7.06. The maximum atomic E-state index is 12.7. The van der Waals surface area contributed by atoms with Gasteiger partial charge in [-0.25, -0.2) is 0 Å². The van der Waals surface area contributed by atoms with Crippen molar-refractivity contribution in [2.45, 2.75) is 48.9 Å². The number of rotatable bonds is 10. The maximum absolute atomic E-state index is 12.7. The summed E-state index contributed by atoms with van der Waals surface area (Å²) in [6.45, 7) is 4.39. The predicted molar refractivity (Wildman–Crippen MR) is 147 cm³/mol. The molecule has 1 aliphatic rings. The third kappa shape index (κ3) is 6.43. The first-order valence-electron chi connectivity index (χ1n) is 11.0. The minimum atomic E-state index is -0.159. The summed E-state index contributed by atoms with van der Waals surface area (Å²) in [5.41, 5.74) is 2.82. The van der Waals surface area contributed by atoms with Gasteiger partial charge >= 0.3 is 0 Å². The van der Waals surface area contributed by atoms with E-state index in [4.69, 9.17) is 23.2 Å². The Balaban J connectivity index is 1.35. The summed E-state index contributed by atoms with van der Waals surface area (Å²) in [6.07, 6.45) is 5.91. The lowest BCUT2D eigenvalue weighted by Crippen LogP contribution is -2.15. The van der Waals surface area contributed by atoms with Crippen molar-refractivity contribution < 1.29 is 4.79 Å². The number of amides is 1. The molecule has 0 bridgehead atoms. The van der Waals surface area contributed by atoms with Crippen LogP contribution in [0.25, 0.3) is 0 Å². The van der Waals surface area contributed by atoms with Gasteiger partial charge in [0.2, 0.25) is 5.91 Å². The molecule has 182 valence electrons. The summed E-state index contributed by atoms with van der Waals surface area (Å²) in [6, 6.07) is 7.90. The smallest absolute Gasteiger partial charge is 0.235 e. The molecule has 2 aromatic heterocycles. The highest BCUT2D eigenvalue weighted by Crippen LogP contribution is 2.37. The van der Waals surface area contributed by atoms with Crippen LogP contribution in [0.3, 0.4) is 0 Å². The number of carbonyl (C=O) groups excluding carboxylic acids is 1. The van der Waals surface area contributed by atoms with Gasteiger partial charge in [-0.2, -0.15) is 5.26 Å². The van der Waals surface area contributed by atoms with Crippen LogP contribution in [0, 0.1) is 11.3 Å². The molecule has 0 aliphatic heterocycles. The molecule has 0 radical (unpaired) electrons. The van der Waals surface area contributed by atoms with Crippen molar-refractivity contribution in [2.24, 2.45) is 0 Å². The Morgan fingerprint density at radius 1 is 1.26 bits per heavy atom. The molecule has 1 aromatic carbocycles. The molecule has 0 saturated carbocycles. The Morgan fingerprint density at radius 3 is 2.86 bits per heavy atom. The van der Waals surface area contributed by atoms with Crippen LogP contribution in [0.5, 0.6) is 0 Å². The Hall–Kier alpha value is -1.96. The summed E-state index contributed by atoms with van der Waals surface area (Å²) in [5, 5.41) is 23.6. The van der Waals surface area contributed by atoms with Crippen LogP contribution in [0.1, 0.15) is 40.2 Å². The Labute approximate surface area is 227 Å². The number of fused-ring (bicyclic) bond motifs is 1. The number of anilines is 1. The normalized spacial score (nSPS) is 12.7. The number of nitriles is 1. The Morgan fingerprint density at radius 2 is 2.09 bits per heavy atom. The van der Waals surface area contributed by atoms with Crippen LogP contribution >= 0.6 is 58.1 Å². The number of nitrogens with zero attached hydrogens (tertiary/aromatic N) is 4. The Bertz CT molecular complexity index is 1280. The van der Waals surface area contributed by atoms with Crippen molar-refractivity contribution in [1.29, 1.82) is 5.26 Å². The number of halogens is 2. The number of carbonyl (C=O) groups is 1. The number of benzene rings is 1. The summed E-state index contributed by atoms with van der Waals surface area (Å²) in [7, 11) is 0. The monoisotopic (exact) mass is 563 g/mol. The molecule has 11 heteroatoms. The zero-order valence-corrected chi connectivity index (χ0v) is 22.8. The fourth-order valence-electron chi connectivity index (χ4n) is 3.80. The van der Waals surface area contributed by atoms with Gasteiger partial charge in [0.1, 0.15) is 16.9 Å². The number of allylic oxidation sites excluding steroid dienone is 1. The van der Waals surface area contributed by atoms with E-state index in [9.17, 15) is 10.1 Å². The van der Waals surface area contributed by atoms with Gasteiger partial charge in [0.05, 0.1) is 27.1 Å². The number of nitrogens with one attached hydrogen (secondary N) is 1. The molecule has 6 nitrogen and oxygen atoms in total. The van der Waals surface area contributed by atoms with E-state index in [0.717, 1.165) is 48.4 Å². The average molecular weight is 565 g/mol. The van der Waals surface area contributed by atoms with E-state index in [1.54, 1.807) is 23.9 Å². The van der Waals surface area contributed by atoms with Gasteiger partial charge in [-0.1, -0.05) is 47.1 Å². The van der Waals surface area contributed by atoms with Gasteiger partial charge in [-0.3, -0.25) is 4.79 Å². The number of hydrogen-bond donors (Lipinski definition) is 1. The molecule has 1 aliphatic carbocycles. The molecule has 0 atom stereocenters. The largest absolute Gasteiger partial charge is 0.316 e. The molecule has 35 heavy (non-hydrogen) atoms. The van der Waals surface area contributed by atoms with Crippen LogP contribution in [0.15, 0.2) is 36.0 Å². The quantitative estimate of drug-likeness (QED) is 0.217. The second kappa shape index (κ2) is 12.3. The maximum Gasteiger partial charge on any atom is 0.235 e. The third-order valence-corrected chi connectivity index (χ3v) is 9.37. The van der Waals surface area contributed by atoms with E-state index in [-0.39, 0.29) is 11.7 Å². The number of aryl methyl sites for hydroxylation is 1. The standard InChI is InChI=1S/C24H23Cl2N5OS3/c1-2-9-31-21(13-33-12-15-7-8-18(25)19(26)10-15)29-30-24(31)34-14-22(32)28-23-17(11-27)16-5-3-4-6-20(16)35-23/h2,7-8,10H,1,3-6,9,12-14H2,(H,28,32). The van der Waals surface area contributed by atoms with Gasteiger partial charge in [0.15, 0.2) is 5.16 Å². The van der Waals surface area contributed by atoms with Gasteiger partial charge in [0, 0.05) is 17.2 Å². The lowest BCUT2D eigenvalue weighted by molar-refractivity contribution is -0.113. The third-order valence-electron chi connectivity index (χ3n) is 5.46. The summed E-state index contributed by atoms with van der Waals surface area (Å²) >= 11 is 16.6. The zero-order valence-electron chi connectivity index (χ0n) is 18.9. The van der Waals surface area contributed by atoms with E-state index in [1.807, 2.05) is 16.7 Å². The minimum Gasteiger partial charge on any atom is -0.316 e. The highest BCUT2D eigenvalue weighted by atomic mass is 35.5. The van der Waals surface area contributed by atoms with Crippen molar-refractivity contribution in [1.82, 2.24) is 14.8 Å². The van der Waals surface area contributed by atoms with Crippen molar-refractivity contribution in [3.8, 4) is 6.07 Å². The molecule has 0 saturated heterocycles. The van der Waals surface area contributed by atoms with Gasteiger partial charge in [-0.15, -0.1) is 39.9 Å². The first-order valence-corrected chi connectivity index (χ1v) is 14.7. The first kappa shape index (κ1) is 26.1. The minimum absolute atomic E-state index is 0.159. The summed E-state index contributed by atoms with van der Waals surface area (Å²) in [5.74, 6) is 2.25. The van der Waals surface area contributed by atoms with Crippen LogP contribution < -0.4 is 5.32 Å². The lowest BCUT2D eigenvalue weighted by Gasteiger charge is -2.09. The topological polar surface area (TPSA) is 83.6 Å². The molecule has 0 spiro atoms. The molecule has 0 unspecified atom stereocenters. The van der Waals surface area contributed by atoms with Crippen molar-refractivity contribution in [3.63, 3.8) is 0 Å². The van der Waals surface area contributed by atoms with E-state index in [2.05, 4.69) is 28.2 Å². The molecule has 1 amide bonds. The number of thioether (sulfide) groups is 2. The van der Waals surface area contributed by atoms with Crippen molar-refractivity contribution in [2.75, 3.05) is 11.1 Å². The van der Waals surface area contributed by atoms with Gasteiger partial charge in [0.25, 0.3) is 0 Å². The molecule has 0 fully saturated rings. The fraction of sp³-hybridized carbons (Fsp3) is 0.333. The van der Waals surface area contributed by atoms with E-state index < -0.39 is 0 Å². The first-order chi connectivity index (χ1) is 17.0. The molecule has 1 N–H and O–H groups in total. The number of hydrogen-bond acceptors (Lipinski definition) is 7. The second-order valence-electron chi connectivity index (χ2n) is 7.90. The van der Waals surface area contributed by atoms with E-state index in [1.165, 1.54) is 28.0 Å². The van der Waals surface area contributed by atoms with Gasteiger partial charge in [-0.05, 0) is 48.9 Å². The Kier molecular flexibility index (Phi) is 9.20. The van der Waals surface area contributed by atoms with Crippen LogP contribution in [-0.2, 0) is 35.7 Å². The highest BCUT2D eigenvalue weighted by molar-refractivity contribution is 7.99. The predicted octanol–water partition coefficient (Wildman–Crippen LogP) is 6.75. The van der Waals surface area contributed by atoms with Crippen molar-refractivity contribution in [3.05, 3.63) is 68.3 Å². The van der Waals surface area contributed by atoms with Crippen LogP contribution in [0.2, 0.25) is 10.0 Å². The molecular formula is C24H23Cl2N5OS3. The number of thiophene rings is 1. The highest BCUT2D eigenvalue weighted by Gasteiger charge is 2.22. The second-order valence-corrected chi connectivity index (χ2v) is 11.8. The van der Waals surface area contributed by atoms with E-state index in [0.29, 0.717) is 38.1 Å². The van der Waals surface area contributed by atoms with Crippen molar-refractivity contribution >= 4 is 69.0 Å².